The molecular formula is C76H151NO5. The lowest BCUT2D eigenvalue weighted by Crippen LogP contribution is -2.45. The molecule has 0 bridgehead atoms. The van der Waals surface area contributed by atoms with Crippen molar-refractivity contribution in [1.82, 2.24) is 5.32 Å². The summed E-state index contributed by atoms with van der Waals surface area (Å²) < 4.78 is 5.52. The molecule has 0 aromatic heterocycles. The van der Waals surface area contributed by atoms with E-state index in [1.165, 1.54) is 379 Å². The molecule has 0 aromatic rings. The predicted octanol–water partition coefficient (Wildman–Crippen LogP) is 24.9. The zero-order valence-electron chi connectivity index (χ0n) is 56.3. The van der Waals surface area contributed by atoms with Crippen LogP contribution in [0.1, 0.15) is 450 Å². The fourth-order valence-electron chi connectivity index (χ4n) is 12.6. The van der Waals surface area contributed by atoms with Gasteiger partial charge in [-0.3, -0.25) is 9.59 Å². The number of ether oxygens (including phenoxy) is 1. The summed E-state index contributed by atoms with van der Waals surface area (Å²) in [6, 6.07) is -0.538. The number of hydrogen-bond donors (Lipinski definition) is 3. The van der Waals surface area contributed by atoms with Crippen molar-refractivity contribution in [2.45, 2.75) is 463 Å². The first-order valence-corrected chi connectivity index (χ1v) is 38.3. The van der Waals surface area contributed by atoms with Crippen LogP contribution in [0.3, 0.4) is 0 Å². The van der Waals surface area contributed by atoms with E-state index in [9.17, 15) is 19.8 Å². The first-order valence-electron chi connectivity index (χ1n) is 38.3. The van der Waals surface area contributed by atoms with Gasteiger partial charge in [0, 0.05) is 12.8 Å². The van der Waals surface area contributed by atoms with Crippen LogP contribution in [0.5, 0.6) is 0 Å². The van der Waals surface area contributed by atoms with Crippen LogP contribution in [0, 0.1) is 0 Å². The van der Waals surface area contributed by atoms with Gasteiger partial charge < -0.3 is 20.3 Å². The minimum absolute atomic E-state index is 0.0254. The molecular weight excluding hydrogens is 1010 g/mol. The molecule has 0 fully saturated rings. The van der Waals surface area contributed by atoms with Crippen molar-refractivity contribution in [2.75, 3.05) is 13.2 Å². The van der Waals surface area contributed by atoms with Crippen LogP contribution in [0.4, 0.5) is 0 Å². The molecule has 2 atom stereocenters. The van der Waals surface area contributed by atoms with Gasteiger partial charge in [0.2, 0.25) is 5.91 Å². The van der Waals surface area contributed by atoms with Gasteiger partial charge in [0.25, 0.3) is 0 Å². The second kappa shape index (κ2) is 72.3. The maximum absolute atomic E-state index is 12.5. The minimum atomic E-state index is -0.661. The van der Waals surface area contributed by atoms with Crippen molar-refractivity contribution in [3.8, 4) is 0 Å². The Morgan fingerprint density at radius 1 is 0.293 bits per heavy atom. The number of esters is 1. The Kier molecular flexibility index (Phi) is 71.3. The summed E-state index contributed by atoms with van der Waals surface area (Å²) in [4.78, 5) is 24.7. The molecule has 0 heterocycles. The second-order valence-electron chi connectivity index (χ2n) is 26.7. The quantitative estimate of drug-likeness (QED) is 0.0417. The standard InChI is InChI=1S/C76H151NO5/c1-3-5-7-9-11-13-15-17-19-21-36-40-44-48-52-56-60-64-68-74(79)73(72-78)77-75(80)69-65-61-57-53-49-45-41-37-34-32-30-28-26-24-23-25-27-29-31-33-35-39-43-47-51-55-59-63-67-71-82-76(81)70-66-62-58-54-50-46-42-38-22-20-18-16-14-12-10-8-6-4-2/h73-74,78-79H,3-72H2,1-2H3,(H,77,80). The molecule has 82 heavy (non-hydrogen) atoms. The van der Waals surface area contributed by atoms with Crippen LogP contribution in [0.2, 0.25) is 0 Å². The van der Waals surface area contributed by atoms with Crippen LogP contribution in [-0.4, -0.2) is 47.4 Å². The third-order valence-electron chi connectivity index (χ3n) is 18.4. The largest absolute Gasteiger partial charge is 0.466 e. The zero-order valence-corrected chi connectivity index (χ0v) is 56.3. The van der Waals surface area contributed by atoms with Gasteiger partial charge in [0.1, 0.15) is 0 Å². The highest BCUT2D eigenvalue weighted by Crippen LogP contribution is 2.20. The number of unbranched alkanes of at least 4 members (excludes halogenated alkanes) is 62. The highest BCUT2D eigenvalue weighted by atomic mass is 16.5. The molecule has 0 rings (SSSR count). The van der Waals surface area contributed by atoms with Gasteiger partial charge >= 0.3 is 5.97 Å². The normalized spacial score (nSPS) is 12.4. The molecule has 490 valence electrons. The van der Waals surface area contributed by atoms with E-state index in [0.29, 0.717) is 25.9 Å². The zero-order chi connectivity index (χ0) is 59.2. The Labute approximate surface area is 515 Å². The average Bonchev–Trinajstić information content (AvgIpc) is 3.48. The summed E-state index contributed by atoms with van der Waals surface area (Å²) in [6.45, 7) is 5.02. The van der Waals surface area contributed by atoms with Crippen molar-refractivity contribution >= 4 is 11.9 Å². The molecule has 1 amide bonds. The van der Waals surface area contributed by atoms with Crippen molar-refractivity contribution in [3.63, 3.8) is 0 Å². The lowest BCUT2D eigenvalue weighted by Gasteiger charge is -2.22. The molecule has 0 aromatic carbocycles. The van der Waals surface area contributed by atoms with Crippen LogP contribution in [0.25, 0.3) is 0 Å². The second-order valence-corrected chi connectivity index (χ2v) is 26.7. The van der Waals surface area contributed by atoms with Crippen molar-refractivity contribution < 1.29 is 24.5 Å². The molecule has 0 aliphatic rings. The third kappa shape index (κ3) is 68.0. The van der Waals surface area contributed by atoms with Gasteiger partial charge in [-0.25, -0.2) is 0 Å². The summed E-state index contributed by atoms with van der Waals surface area (Å²) in [5.74, 6) is -0.000807. The number of hydrogen-bond acceptors (Lipinski definition) is 5. The lowest BCUT2D eigenvalue weighted by atomic mass is 10.0. The number of nitrogens with one attached hydrogen (secondary N) is 1. The van der Waals surface area contributed by atoms with Crippen LogP contribution < -0.4 is 5.32 Å². The van der Waals surface area contributed by atoms with Crippen molar-refractivity contribution in [1.29, 1.82) is 0 Å². The fourth-order valence-corrected chi connectivity index (χ4v) is 12.6. The van der Waals surface area contributed by atoms with Gasteiger partial charge in [-0.1, -0.05) is 412 Å². The topological polar surface area (TPSA) is 95.9 Å². The number of carbonyl (C=O) groups is 2. The smallest absolute Gasteiger partial charge is 0.305 e. The molecule has 0 saturated carbocycles. The highest BCUT2D eigenvalue weighted by Gasteiger charge is 2.20. The van der Waals surface area contributed by atoms with Crippen LogP contribution >= 0.6 is 0 Å². The number of aliphatic hydroxyl groups is 2. The van der Waals surface area contributed by atoms with E-state index in [-0.39, 0.29) is 18.5 Å². The number of amides is 1. The van der Waals surface area contributed by atoms with E-state index < -0.39 is 12.1 Å². The molecule has 0 aliphatic carbocycles. The molecule has 0 radical (unpaired) electrons. The Morgan fingerprint density at radius 3 is 0.744 bits per heavy atom. The van der Waals surface area contributed by atoms with E-state index in [2.05, 4.69) is 19.2 Å². The molecule has 0 saturated heterocycles. The van der Waals surface area contributed by atoms with Gasteiger partial charge in [0.15, 0.2) is 0 Å². The predicted molar refractivity (Wildman–Crippen MR) is 361 cm³/mol. The van der Waals surface area contributed by atoms with Gasteiger partial charge in [-0.05, 0) is 25.7 Å². The third-order valence-corrected chi connectivity index (χ3v) is 18.4. The lowest BCUT2D eigenvalue weighted by molar-refractivity contribution is -0.143. The van der Waals surface area contributed by atoms with Crippen molar-refractivity contribution in [2.24, 2.45) is 0 Å². The Morgan fingerprint density at radius 2 is 0.500 bits per heavy atom. The van der Waals surface area contributed by atoms with E-state index in [1.54, 1.807) is 0 Å². The first kappa shape index (κ1) is 80.9. The summed E-state index contributed by atoms with van der Waals surface area (Å²) in [7, 11) is 0. The monoisotopic (exact) mass is 1160 g/mol. The van der Waals surface area contributed by atoms with Crippen molar-refractivity contribution in [3.05, 3.63) is 0 Å². The molecule has 0 spiro atoms. The SMILES string of the molecule is CCCCCCCCCCCCCCCCCCCCC(=O)OCCCCCCCCCCCCCCCCCCCCCCCCCCCCCCCC(=O)NC(CO)C(O)CCCCCCCCCCCCCCCCCCCC. The fraction of sp³-hybridized carbons (Fsp3) is 0.974. The first-order chi connectivity index (χ1) is 40.5. The van der Waals surface area contributed by atoms with E-state index in [0.717, 1.165) is 38.5 Å². The summed E-state index contributed by atoms with van der Waals surface area (Å²) in [5, 5.41) is 23.4. The van der Waals surface area contributed by atoms with Gasteiger partial charge in [-0.15, -0.1) is 0 Å². The average molecular weight is 1160 g/mol. The molecule has 2 unspecified atom stereocenters. The maximum Gasteiger partial charge on any atom is 0.305 e. The van der Waals surface area contributed by atoms with E-state index in [4.69, 9.17) is 4.74 Å². The van der Waals surface area contributed by atoms with E-state index >= 15 is 0 Å². The summed E-state index contributed by atoms with van der Waals surface area (Å²) >= 11 is 0. The van der Waals surface area contributed by atoms with Gasteiger partial charge in [-0.2, -0.15) is 0 Å². The number of rotatable bonds is 73. The Balaban J connectivity index is 3.31. The molecule has 0 aliphatic heterocycles. The van der Waals surface area contributed by atoms with E-state index in [1.807, 2.05) is 0 Å². The van der Waals surface area contributed by atoms with Crippen LogP contribution in [0.15, 0.2) is 0 Å². The minimum Gasteiger partial charge on any atom is -0.466 e. The molecule has 3 N–H and O–H groups in total. The van der Waals surface area contributed by atoms with Crippen LogP contribution in [-0.2, 0) is 14.3 Å². The molecule has 6 heteroatoms. The molecule has 6 nitrogen and oxygen atoms in total. The summed E-state index contributed by atoms with van der Waals surface area (Å²) in [6.07, 6.45) is 88.9. The number of carbonyl (C=O) groups excluding carboxylic acids is 2. The number of aliphatic hydroxyl groups excluding tert-OH is 2. The maximum atomic E-state index is 12.5. The summed E-state index contributed by atoms with van der Waals surface area (Å²) in [5.41, 5.74) is 0. The highest BCUT2D eigenvalue weighted by molar-refractivity contribution is 5.76. The van der Waals surface area contributed by atoms with Gasteiger partial charge in [0.05, 0.1) is 25.4 Å². The Bertz CT molecular complexity index is 1200. The Hall–Kier alpha value is -1.14.